The first kappa shape index (κ1) is 12.7. The zero-order chi connectivity index (χ0) is 15.3. The largest absolute Gasteiger partial charge is 0.378 e. The van der Waals surface area contributed by atoms with E-state index in [-0.39, 0.29) is 0 Å². The highest BCUT2D eigenvalue weighted by atomic mass is 15.1. The van der Waals surface area contributed by atoms with Crippen molar-refractivity contribution in [3.05, 3.63) is 54.1 Å². The summed E-state index contributed by atoms with van der Waals surface area (Å²) in [5.74, 6) is 0. The molecule has 2 heterocycles. The van der Waals surface area contributed by atoms with Gasteiger partial charge in [0.05, 0.1) is 22.1 Å². The highest BCUT2D eigenvalue weighted by Gasteiger charge is 2.12. The molecule has 106 valence electrons. The third-order valence-corrected chi connectivity index (χ3v) is 3.99. The van der Waals surface area contributed by atoms with Gasteiger partial charge >= 0.3 is 0 Å². The summed E-state index contributed by atoms with van der Waals surface area (Å²) in [6.45, 7) is 0. The summed E-state index contributed by atoms with van der Waals surface area (Å²) < 4.78 is 2.08. The number of nitriles is 1. The Kier molecular flexibility index (Phi) is 2.57. The van der Waals surface area contributed by atoms with Crippen LogP contribution in [0.3, 0.4) is 0 Å². The van der Waals surface area contributed by atoms with Gasteiger partial charge in [-0.2, -0.15) is 5.26 Å². The minimum Gasteiger partial charge on any atom is -0.378 e. The van der Waals surface area contributed by atoms with Gasteiger partial charge in [-0.1, -0.05) is 18.2 Å². The number of imidazole rings is 1. The van der Waals surface area contributed by atoms with Crippen molar-refractivity contribution < 1.29 is 0 Å². The lowest BCUT2D eigenvalue weighted by Crippen LogP contribution is -2.08. The van der Waals surface area contributed by atoms with E-state index in [0.29, 0.717) is 11.2 Å². The van der Waals surface area contributed by atoms with Crippen LogP contribution in [-0.2, 0) is 0 Å². The molecule has 4 nitrogen and oxygen atoms in total. The lowest BCUT2D eigenvalue weighted by atomic mass is 10.1. The molecule has 4 aromatic rings. The third-order valence-electron chi connectivity index (χ3n) is 3.99. The molecular formula is C18H14N4. The van der Waals surface area contributed by atoms with Crippen LogP contribution in [0.15, 0.2) is 48.5 Å². The molecule has 4 heteroatoms. The number of rotatable bonds is 1. The Morgan fingerprint density at radius 1 is 1.05 bits per heavy atom. The molecule has 0 aliphatic heterocycles. The zero-order valence-electron chi connectivity index (χ0n) is 12.4. The molecule has 0 bridgehead atoms. The van der Waals surface area contributed by atoms with Crippen molar-refractivity contribution in [2.75, 3.05) is 19.0 Å². The van der Waals surface area contributed by atoms with Gasteiger partial charge in [-0.15, -0.1) is 0 Å². The highest BCUT2D eigenvalue weighted by molar-refractivity contribution is 5.94. The summed E-state index contributed by atoms with van der Waals surface area (Å²) in [7, 11) is 4.04. The number of benzene rings is 2. The first-order valence-corrected chi connectivity index (χ1v) is 7.10. The van der Waals surface area contributed by atoms with Crippen LogP contribution in [0.2, 0.25) is 0 Å². The van der Waals surface area contributed by atoms with Crippen LogP contribution in [0.25, 0.3) is 27.6 Å². The van der Waals surface area contributed by atoms with Gasteiger partial charge in [0.2, 0.25) is 0 Å². The van der Waals surface area contributed by atoms with Crippen molar-refractivity contribution in [1.29, 1.82) is 5.26 Å². The molecule has 0 atom stereocenters. The molecule has 0 unspecified atom stereocenters. The average molecular weight is 286 g/mol. The van der Waals surface area contributed by atoms with Crippen molar-refractivity contribution in [2.24, 2.45) is 0 Å². The maximum Gasteiger partial charge on any atom is 0.156 e. The lowest BCUT2D eigenvalue weighted by molar-refractivity contribution is 1.13. The quantitative estimate of drug-likeness (QED) is 0.537. The molecule has 0 aliphatic carbocycles. The second kappa shape index (κ2) is 4.47. The zero-order valence-corrected chi connectivity index (χ0v) is 12.4. The third kappa shape index (κ3) is 1.66. The van der Waals surface area contributed by atoms with Gasteiger partial charge in [-0.3, -0.25) is 4.40 Å². The van der Waals surface area contributed by atoms with E-state index in [0.717, 1.165) is 27.6 Å². The van der Waals surface area contributed by atoms with Crippen LogP contribution in [0.5, 0.6) is 0 Å². The summed E-state index contributed by atoms with van der Waals surface area (Å²) in [4.78, 5) is 6.71. The van der Waals surface area contributed by atoms with E-state index in [2.05, 4.69) is 38.6 Å². The molecule has 2 aromatic carbocycles. The standard InChI is InChI=1S/C18H14N4/c1-21(2)14-8-7-12-9-13(11-19)18-20-15-5-3-4-6-16(15)22(18)17(12)10-14/h3-10H,1-2H3. The van der Waals surface area contributed by atoms with Gasteiger partial charge < -0.3 is 4.90 Å². The van der Waals surface area contributed by atoms with Crippen molar-refractivity contribution in [2.45, 2.75) is 0 Å². The molecule has 0 spiro atoms. The normalized spacial score (nSPS) is 11.1. The number of hydrogen-bond donors (Lipinski definition) is 0. The topological polar surface area (TPSA) is 44.3 Å². The Morgan fingerprint density at radius 3 is 2.64 bits per heavy atom. The number of fused-ring (bicyclic) bond motifs is 5. The fraction of sp³-hybridized carbons (Fsp3) is 0.111. The van der Waals surface area contributed by atoms with Crippen molar-refractivity contribution in [3.8, 4) is 6.07 Å². The van der Waals surface area contributed by atoms with E-state index >= 15 is 0 Å². The van der Waals surface area contributed by atoms with Gasteiger partial charge in [-0.25, -0.2) is 4.98 Å². The summed E-state index contributed by atoms with van der Waals surface area (Å²) in [6, 6.07) is 18.4. The SMILES string of the molecule is CN(C)c1ccc2cc(C#N)c3nc4ccccc4n3c2c1. The van der Waals surface area contributed by atoms with Crippen LogP contribution >= 0.6 is 0 Å². The van der Waals surface area contributed by atoms with Crippen LogP contribution in [-0.4, -0.2) is 23.5 Å². The van der Waals surface area contributed by atoms with Gasteiger partial charge in [0.15, 0.2) is 5.65 Å². The number of nitrogens with zero attached hydrogens (tertiary/aromatic N) is 4. The second-order valence-corrected chi connectivity index (χ2v) is 5.57. The first-order chi connectivity index (χ1) is 10.7. The minimum atomic E-state index is 0.598. The Hall–Kier alpha value is -3.06. The average Bonchev–Trinajstić information content (AvgIpc) is 2.93. The van der Waals surface area contributed by atoms with Crippen molar-refractivity contribution in [3.63, 3.8) is 0 Å². The number of anilines is 1. The number of pyridine rings is 1. The van der Waals surface area contributed by atoms with Gasteiger partial charge in [0, 0.05) is 25.2 Å². The minimum absolute atomic E-state index is 0.598. The second-order valence-electron chi connectivity index (χ2n) is 5.57. The van der Waals surface area contributed by atoms with E-state index in [9.17, 15) is 5.26 Å². The van der Waals surface area contributed by atoms with Gasteiger partial charge in [-0.05, 0) is 30.3 Å². The Labute approximate surface area is 127 Å². The molecule has 0 N–H and O–H groups in total. The Balaban J connectivity index is 2.28. The lowest BCUT2D eigenvalue weighted by Gasteiger charge is -2.14. The summed E-state index contributed by atoms with van der Waals surface area (Å²) >= 11 is 0. The summed E-state index contributed by atoms with van der Waals surface area (Å²) in [5.41, 5.74) is 5.43. The molecule has 0 aliphatic rings. The smallest absolute Gasteiger partial charge is 0.156 e. The van der Waals surface area contributed by atoms with Gasteiger partial charge in [0.25, 0.3) is 0 Å². The van der Waals surface area contributed by atoms with Crippen LogP contribution in [0.4, 0.5) is 5.69 Å². The molecule has 0 saturated carbocycles. The molecule has 4 rings (SSSR count). The molecular weight excluding hydrogens is 272 g/mol. The maximum absolute atomic E-state index is 9.45. The van der Waals surface area contributed by atoms with Crippen molar-refractivity contribution >= 4 is 33.3 Å². The monoisotopic (exact) mass is 286 g/mol. The molecule has 0 amide bonds. The van der Waals surface area contributed by atoms with Crippen molar-refractivity contribution in [1.82, 2.24) is 9.38 Å². The Bertz CT molecular complexity index is 1070. The number of hydrogen-bond acceptors (Lipinski definition) is 3. The van der Waals surface area contributed by atoms with Gasteiger partial charge in [0.1, 0.15) is 6.07 Å². The Morgan fingerprint density at radius 2 is 1.86 bits per heavy atom. The fourth-order valence-electron chi connectivity index (χ4n) is 2.88. The number of aromatic nitrogens is 2. The molecule has 0 radical (unpaired) electrons. The number of para-hydroxylation sites is 2. The van der Waals surface area contributed by atoms with E-state index in [1.54, 1.807) is 0 Å². The summed E-state index contributed by atoms with van der Waals surface area (Å²) in [5, 5.41) is 10.5. The molecule has 2 aromatic heterocycles. The van der Waals surface area contributed by atoms with E-state index < -0.39 is 0 Å². The highest BCUT2D eigenvalue weighted by Crippen LogP contribution is 2.28. The molecule has 22 heavy (non-hydrogen) atoms. The van der Waals surface area contributed by atoms with E-state index in [4.69, 9.17) is 0 Å². The van der Waals surface area contributed by atoms with E-state index in [1.807, 2.05) is 44.4 Å². The molecule has 0 saturated heterocycles. The van der Waals surface area contributed by atoms with Crippen LogP contribution in [0, 0.1) is 11.3 Å². The van der Waals surface area contributed by atoms with Crippen LogP contribution < -0.4 is 4.90 Å². The maximum atomic E-state index is 9.45. The van der Waals surface area contributed by atoms with Crippen LogP contribution in [0.1, 0.15) is 5.56 Å². The predicted molar refractivity (Wildman–Crippen MR) is 89.2 cm³/mol. The molecule has 0 fully saturated rings. The predicted octanol–water partition coefficient (Wildman–Crippen LogP) is 3.58. The van der Waals surface area contributed by atoms with E-state index in [1.165, 1.54) is 0 Å². The summed E-state index contributed by atoms with van der Waals surface area (Å²) in [6.07, 6.45) is 0. The fourth-order valence-corrected chi connectivity index (χ4v) is 2.88. The first-order valence-electron chi connectivity index (χ1n) is 7.10.